The Hall–Kier alpha value is -0.900. The second-order valence-corrected chi connectivity index (χ2v) is 6.13. The third-order valence-corrected chi connectivity index (χ3v) is 4.37. The van der Waals surface area contributed by atoms with Crippen molar-refractivity contribution in [1.82, 2.24) is 14.8 Å². The van der Waals surface area contributed by atoms with Crippen LogP contribution >= 0.6 is 0 Å². The molecule has 0 aromatic carbocycles. The molecular weight excluding hydrogens is 224 g/mol. The van der Waals surface area contributed by atoms with Gasteiger partial charge in [0.15, 0.2) is 0 Å². The molecule has 4 heteroatoms. The van der Waals surface area contributed by atoms with Crippen LogP contribution in [-0.2, 0) is 13.0 Å². The second kappa shape index (κ2) is 5.39. The summed E-state index contributed by atoms with van der Waals surface area (Å²) < 4.78 is 1.97. The number of aryl methyl sites for hydroxylation is 1. The lowest BCUT2D eigenvalue weighted by Gasteiger charge is -2.39. The molecule has 0 radical (unpaired) electrons. The molecule has 0 bridgehead atoms. The minimum atomic E-state index is -0.0762. The average Bonchev–Trinajstić information content (AvgIpc) is 2.75. The van der Waals surface area contributed by atoms with Crippen molar-refractivity contribution in [3.63, 3.8) is 0 Å². The molecule has 4 nitrogen and oxygen atoms in total. The molecule has 1 aliphatic carbocycles. The first-order valence-corrected chi connectivity index (χ1v) is 7.19. The summed E-state index contributed by atoms with van der Waals surface area (Å²) in [4.78, 5) is 4.37. The smallest absolute Gasteiger partial charge is 0.138 e. The number of nitrogens with zero attached hydrogens (tertiary/aromatic N) is 3. The molecule has 2 atom stereocenters. The molecule has 1 saturated carbocycles. The largest absolute Gasteiger partial charge is 0.325 e. The number of rotatable bonds is 4. The zero-order valence-electron chi connectivity index (χ0n) is 11.9. The highest BCUT2D eigenvalue weighted by Gasteiger charge is 2.35. The van der Waals surface area contributed by atoms with Crippen molar-refractivity contribution in [2.45, 2.75) is 65.0 Å². The highest BCUT2D eigenvalue weighted by Crippen LogP contribution is 2.36. The van der Waals surface area contributed by atoms with Crippen LogP contribution in [0.3, 0.4) is 0 Å². The molecule has 1 aliphatic rings. The maximum Gasteiger partial charge on any atom is 0.138 e. The lowest BCUT2D eigenvalue weighted by atomic mass is 9.71. The van der Waals surface area contributed by atoms with Crippen LogP contribution < -0.4 is 5.73 Å². The molecule has 0 aliphatic heterocycles. The first kappa shape index (κ1) is 13.5. The van der Waals surface area contributed by atoms with Crippen LogP contribution in [0.5, 0.6) is 0 Å². The quantitative estimate of drug-likeness (QED) is 0.892. The van der Waals surface area contributed by atoms with E-state index in [4.69, 9.17) is 5.73 Å². The van der Waals surface area contributed by atoms with E-state index in [0.29, 0.717) is 0 Å². The van der Waals surface area contributed by atoms with E-state index < -0.39 is 0 Å². The third-order valence-electron chi connectivity index (χ3n) is 4.37. The summed E-state index contributed by atoms with van der Waals surface area (Å²) in [5.41, 5.74) is 6.54. The maximum absolute atomic E-state index is 6.62. The molecule has 0 amide bonds. The lowest BCUT2D eigenvalue weighted by Crippen LogP contribution is -2.47. The Kier molecular flexibility index (Phi) is 4.05. The van der Waals surface area contributed by atoms with Crippen molar-refractivity contribution in [3.05, 3.63) is 12.2 Å². The Balaban J connectivity index is 2.07. The summed E-state index contributed by atoms with van der Waals surface area (Å²) in [5.74, 6) is 2.54. The Morgan fingerprint density at radius 1 is 1.56 bits per heavy atom. The van der Waals surface area contributed by atoms with Gasteiger partial charge in [-0.05, 0) is 31.6 Å². The van der Waals surface area contributed by atoms with Crippen molar-refractivity contribution in [3.8, 4) is 0 Å². The summed E-state index contributed by atoms with van der Waals surface area (Å²) in [6.07, 6.45) is 7.33. The Labute approximate surface area is 110 Å². The van der Waals surface area contributed by atoms with Gasteiger partial charge in [-0.2, -0.15) is 5.10 Å². The van der Waals surface area contributed by atoms with E-state index >= 15 is 0 Å². The molecule has 1 heterocycles. The number of hydrogen-bond donors (Lipinski definition) is 1. The fourth-order valence-electron chi connectivity index (χ4n) is 3.18. The fraction of sp³-hybridized carbons (Fsp3) is 0.857. The molecule has 1 fully saturated rings. The number of aromatic nitrogens is 3. The van der Waals surface area contributed by atoms with Gasteiger partial charge in [0.05, 0.1) is 0 Å². The van der Waals surface area contributed by atoms with Crippen molar-refractivity contribution < 1.29 is 0 Å². The summed E-state index contributed by atoms with van der Waals surface area (Å²) in [7, 11) is 0. The Morgan fingerprint density at radius 3 is 3.00 bits per heavy atom. The predicted molar refractivity (Wildman–Crippen MR) is 73.1 cm³/mol. The van der Waals surface area contributed by atoms with Gasteiger partial charge in [0.25, 0.3) is 0 Å². The van der Waals surface area contributed by atoms with Gasteiger partial charge in [-0.3, -0.25) is 4.68 Å². The van der Waals surface area contributed by atoms with E-state index in [9.17, 15) is 0 Å². The van der Waals surface area contributed by atoms with Gasteiger partial charge in [-0.15, -0.1) is 0 Å². The first-order valence-electron chi connectivity index (χ1n) is 7.19. The molecule has 18 heavy (non-hydrogen) atoms. The zero-order valence-corrected chi connectivity index (χ0v) is 11.9. The molecule has 2 N–H and O–H groups in total. The Morgan fingerprint density at radius 2 is 2.33 bits per heavy atom. The SMILES string of the molecule is CCn1ncnc1CC1(N)CCCC(C(C)C)C1. The normalized spacial score (nSPS) is 28.8. The minimum absolute atomic E-state index is 0.0762. The van der Waals surface area contributed by atoms with Crippen LogP contribution in [0, 0.1) is 11.8 Å². The van der Waals surface area contributed by atoms with Crippen LogP contribution in [0.15, 0.2) is 6.33 Å². The minimum Gasteiger partial charge on any atom is -0.325 e. The van der Waals surface area contributed by atoms with Gasteiger partial charge < -0.3 is 5.73 Å². The maximum atomic E-state index is 6.62. The van der Waals surface area contributed by atoms with Crippen molar-refractivity contribution in [2.24, 2.45) is 17.6 Å². The van der Waals surface area contributed by atoms with E-state index in [2.05, 4.69) is 30.9 Å². The monoisotopic (exact) mass is 250 g/mol. The lowest BCUT2D eigenvalue weighted by molar-refractivity contribution is 0.179. The van der Waals surface area contributed by atoms with Crippen LogP contribution in [0.1, 0.15) is 52.3 Å². The van der Waals surface area contributed by atoms with E-state index in [1.165, 1.54) is 12.8 Å². The summed E-state index contributed by atoms with van der Waals surface area (Å²) in [6, 6.07) is 0. The third kappa shape index (κ3) is 2.91. The van der Waals surface area contributed by atoms with E-state index in [0.717, 1.165) is 43.5 Å². The van der Waals surface area contributed by atoms with E-state index in [1.807, 2.05) is 4.68 Å². The van der Waals surface area contributed by atoms with Crippen LogP contribution in [0.4, 0.5) is 0 Å². The Bertz CT molecular complexity index is 385. The first-order chi connectivity index (χ1) is 8.54. The second-order valence-electron chi connectivity index (χ2n) is 6.13. The highest BCUT2D eigenvalue weighted by atomic mass is 15.3. The fourth-order valence-corrected chi connectivity index (χ4v) is 3.18. The molecule has 2 unspecified atom stereocenters. The van der Waals surface area contributed by atoms with Gasteiger partial charge in [0.2, 0.25) is 0 Å². The van der Waals surface area contributed by atoms with Crippen molar-refractivity contribution in [1.29, 1.82) is 0 Å². The van der Waals surface area contributed by atoms with Crippen LogP contribution in [-0.4, -0.2) is 20.3 Å². The zero-order chi connectivity index (χ0) is 13.2. The standard InChI is InChI=1S/C14H26N4/c1-4-18-13(16-10-17-18)9-14(15)7-5-6-12(8-14)11(2)3/h10-12H,4-9,15H2,1-3H3. The van der Waals surface area contributed by atoms with Crippen molar-refractivity contribution in [2.75, 3.05) is 0 Å². The van der Waals surface area contributed by atoms with Gasteiger partial charge in [0, 0.05) is 18.5 Å². The number of hydrogen-bond acceptors (Lipinski definition) is 3. The molecular formula is C14H26N4. The number of nitrogens with two attached hydrogens (primary N) is 1. The summed E-state index contributed by atoms with van der Waals surface area (Å²) in [6.45, 7) is 7.59. The van der Waals surface area contributed by atoms with Crippen molar-refractivity contribution >= 4 is 0 Å². The van der Waals surface area contributed by atoms with Crippen LogP contribution in [0.25, 0.3) is 0 Å². The van der Waals surface area contributed by atoms with Crippen LogP contribution in [0.2, 0.25) is 0 Å². The topological polar surface area (TPSA) is 56.7 Å². The molecule has 102 valence electrons. The highest BCUT2D eigenvalue weighted by molar-refractivity contribution is 5.00. The summed E-state index contributed by atoms with van der Waals surface area (Å²) in [5, 5.41) is 4.24. The van der Waals surface area contributed by atoms with E-state index in [-0.39, 0.29) is 5.54 Å². The predicted octanol–water partition coefficient (Wildman–Crippen LogP) is 2.38. The average molecular weight is 250 g/mol. The molecule has 2 rings (SSSR count). The van der Waals surface area contributed by atoms with Gasteiger partial charge in [0.1, 0.15) is 12.2 Å². The summed E-state index contributed by atoms with van der Waals surface area (Å²) >= 11 is 0. The van der Waals surface area contributed by atoms with E-state index in [1.54, 1.807) is 6.33 Å². The molecule has 0 spiro atoms. The molecule has 1 aromatic heterocycles. The van der Waals surface area contributed by atoms with Gasteiger partial charge in [-0.25, -0.2) is 4.98 Å². The molecule has 0 saturated heterocycles. The molecule has 1 aromatic rings. The van der Waals surface area contributed by atoms with Gasteiger partial charge in [-0.1, -0.05) is 26.7 Å². The van der Waals surface area contributed by atoms with Gasteiger partial charge >= 0.3 is 0 Å².